The highest BCUT2D eigenvalue weighted by atomic mass is 35.5. The molecule has 0 unspecified atom stereocenters. The van der Waals surface area contributed by atoms with Gasteiger partial charge >= 0.3 is 0 Å². The number of carbonyl (C=O) groups excluding carboxylic acids is 2. The van der Waals surface area contributed by atoms with Gasteiger partial charge in [-0.25, -0.2) is 0 Å². The van der Waals surface area contributed by atoms with Gasteiger partial charge in [0.1, 0.15) is 5.69 Å². The van der Waals surface area contributed by atoms with Gasteiger partial charge < -0.3 is 10.2 Å². The number of amides is 2. The van der Waals surface area contributed by atoms with Crippen molar-refractivity contribution >= 4 is 34.8 Å². The molecule has 2 amide bonds. The maximum Gasteiger partial charge on any atom is 0.272 e. The average molecular weight is 415 g/mol. The molecule has 4 rings (SSSR count). The van der Waals surface area contributed by atoms with Gasteiger partial charge in [0.25, 0.3) is 5.91 Å². The Morgan fingerprint density at radius 1 is 1.21 bits per heavy atom. The smallest absolute Gasteiger partial charge is 0.272 e. The Balaban J connectivity index is 1.37. The normalized spacial score (nSPS) is 13.5. The third-order valence-electron chi connectivity index (χ3n) is 4.62. The second-order valence-corrected chi connectivity index (χ2v) is 8.02. The molecule has 0 saturated carbocycles. The van der Waals surface area contributed by atoms with Crippen LogP contribution in [0.3, 0.4) is 0 Å². The zero-order chi connectivity index (χ0) is 19.5. The van der Waals surface area contributed by atoms with E-state index in [1.165, 1.54) is 4.88 Å². The van der Waals surface area contributed by atoms with Gasteiger partial charge in [-0.2, -0.15) is 5.10 Å². The number of thiophene rings is 1. The molecule has 8 heteroatoms. The molecule has 28 heavy (non-hydrogen) atoms. The molecule has 6 nitrogen and oxygen atoms in total. The van der Waals surface area contributed by atoms with Crippen molar-refractivity contribution in [2.75, 3.05) is 19.6 Å². The van der Waals surface area contributed by atoms with Gasteiger partial charge in [-0.05, 0) is 36.1 Å². The maximum absolute atomic E-state index is 12.8. The number of fused-ring (bicyclic) bond motifs is 1. The van der Waals surface area contributed by atoms with E-state index in [0.29, 0.717) is 30.4 Å². The van der Waals surface area contributed by atoms with Crippen molar-refractivity contribution in [3.63, 3.8) is 0 Å². The standard InChI is InChI=1S/C20H19ClN4O2S/c21-15-5-3-14(4-6-15)17-12-18-20(27)24(9-10-25(18)23-17)13-19(26)22-8-7-16-2-1-11-28-16/h1-6,11-12H,7-10,13H2,(H,22,26). The zero-order valence-electron chi connectivity index (χ0n) is 15.1. The monoisotopic (exact) mass is 414 g/mol. The molecular weight excluding hydrogens is 396 g/mol. The van der Waals surface area contributed by atoms with Gasteiger partial charge in [0.2, 0.25) is 5.91 Å². The quantitative estimate of drug-likeness (QED) is 0.674. The van der Waals surface area contributed by atoms with Crippen LogP contribution < -0.4 is 5.32 Å². The van der Waals surface area contributed by atoms with Crippen molar-refractivity contribution in [1.82, 2.24) is 20.0 Å². The van der Waals surface area contributed by atoms with E-state index >= 15 is 0 Å². The summed E-state index contributed by atoms with van der Waals surface area (Å²) < 4.78 is 1.71. The fraction of sp³-hybridized carbons (Fsp3) is 0.250. The van der Waals surface area contributed by atoms with Gasteiger partial charge in [0.05, 0.1) is 18.8 Å². The van der Waals surface area contributed by atoms with E-state index in [2.05, 4.69) is 10.4 Å². The van der Waals surface area contributed by atoms with Crippen LogP contribution in [-0.4, -0.2) is 46.1 Å². The topological polar surface area (TPSA) is 67.2 Å². The Morgan fingerprint density at radius 3 is 2.79 bits per heavy atom. The second kappa shape index (κ2) is 8.16. The summed E-state index contributed by atoms with van der Waals surface area (Å²) >= 11 is 7.60. The minimum absolute atomic E-state index is 0.0603. The fourth-order valence-corrected chi connectivity index (χ4v) is 4.00. The van der Waals surface area contributed by atoms with E-state index in [1.807, 2.05) is 29.6 Å². The van der Waals surface area contributed by atoms with E-state index in [4.69, 9.17) is 11.6 Å². The number of nitrogens with zero attached hydrogens (tertiary/aromatic N) is 3. The molecule has 144 valence electrons. The molecule has 0 fully saturated rings. The number of carbonyl (C=O) groups is 2. The van der Waals surface area contributed by atoms with Crippen molar-refractivity contribution in [2.45, 2.75) is 13.0 Å². The van der Waals surface area contributed by atoms with Crippen LogP contribution in [0.5, 0.6) is 0 Å². The molecule has 1 aliphatic rings. The maximum atomic E-state index is 12.8. The van der Waals surface area contributed by atoms with Gasteiger partial charge in [0.15, 0.2) is 0 Å². The Bertz CT molecular complexity index is 982. The molecular formula is C20H19ClN4O2S. The number of benzene rings is 1. The van der Waals surface area contributed by atoms with Crippen LogP contribution in [0.1, 0.15) is 15.4 Å². The lowest BCUT2D eigenvalue weighted by Gasteiger charge is -2.26. The Morgan fingerprint density at radius 2 is 2.04 bits per heavy atom. The summed E-state index contributed by atoms with van der Waals surface area (Å²) in [5, 5.41) is 10.1. The molecule has 2 aromatic heterocycles. The van der Waals surface area contributed by atoms with Crippen molar-refractivity contribution in [1.29, 1.82) is 0 Å². The Kier molecular flexibility index (Phi) is 5.45. The number of hydrogen-bond acceptors (Lipinski definition) is 4. The largest absolute Gasteiger partial charge is 0.354 e. The van der Waals surface area contributed by atoms with Gasteiger partial charge in [0, 0.05) is 28.6 Å². The highest BCUT2D eigenvalue weighted by molar-refractivity contribution is 7.09. The van der Waals surface area contributed by atoms with Gasteiger partial charge in [-0.15, -0.1) is 11.3 Å². The third-order valence-corrected chi connectivity index (χ3v) is 5.80. The molecule has 1 aliphatic heterocycles. The lowest BCUT2D eigenvalue weighted by atomic mass is 10.1. The van der Waals surface area contributed by atoms with E-state index < -0.39 is 0 Å². The van der Waals surface area contributed by atoms with Crippen LogP contribution in [0, 0.1) is 0 Å². The summed E-state index contributed by atoms with van der Waals surface area (Å²) in [5.41, 5.74) is 2.13. The first-order chi connectivity index (χ1) is 13.6. The average Bonchev–Trinajstić information content (AvgIpc) is 3.35. The molecule has 1 aromatic carbocycles. The molecule has 3 aromatic rings. The summed E-state index contributed by atoms with van der Waals surface area (Å²) in [6, 6.07) is 13.2. The highest BCUT2D eigenvalue weighted by Crippen LogP contribution is 2.23. The lowest BCUT2D eigenvalue weighted by Crippen LogP contribution is -2.46. The SMILES string of the molecule is O=C(CN1CCn2nc(-c3ccc(Cl)cc3)cc2C1=O)NCCc1cccs1. The minimum Gasteiger partial charge on any atom is -0.354 e. The predicted molar refractivity (Wildman–Crippen MR) is 110 cm³/mol. The number of aromatic nitrogens is 2. The van der Waals surface area contributed by atoms with E-state index in [0.717, 1.165) is 17.7 Å². The molecule has 0 aliphatic carbocycles. The van der Waals surface area contributed by atoms with Crippen LogP contribution in [0.15, 0.2) is 47.8 Å². The number of nitrogens with one attached hydrogen (secondary N) is 1. The van der Waals surface area contributed by atoms with Crippen molar-refractivity contribution in [3.8, 4) is 11.3 Å². The first-order valence-corrected chi connectivity index (χ1v) is 10.3. The van der Waals surface area contributed by atoms with Gasteiger partial charge in [-0.1, -0.05) is 29.8 Å². The lowest BCUT2D eigenvalue weighted by molar-refractivity contribution is -0.121. The zero-order valence-corrected chi connectivity index (χ0v) is 16.7. The summed E-state index contributed by atoms with van der Waals surface area (Å²) in [5.74, 6) is -0.317. The van der Waals surface area contributed by atoms with E-state index in [9.17, 15) is 9.59 Å². The van der Waals surface area contributed by atoms with Crippen LogP contribution in [0.25, 0.3) is 11.3 Å². The minimum atomic E-state index is -0.174. The molecule has 3 heterocycles. The Labute approximate surface area is 171 Å². The number of halogens is 1. The van der Waals surface area contributed by atoms with Crippen LogP contribution in [0.4, 0.5) is 0 Å². The molecule has 1 N–H and O–H groups in total. The predicted octanol–water partition coefficient (Wildman–Crippen LogP) is 3.08. The molecule has 0 bridgehead atoms. The molecule has 0 atom stereocenters. The van der Waals surface area contributed by atoms with Crippen LogP contribution >= 0.6 is 22.9 Å². The second-order valence-electron chi connectivity index (χ2n) is 6.55. The van der Waals surface area contributed by atoms with Crippen LogP contribution in [-0.2, 0) is 17.8 Å². The summed E-state index contributed by atoms with van der Waals surface area (Å²) in [4.78, 5) is 27.8. The Hall–Kier alpha value is -2.64. The van der Waals surface area contributed by atoms with Gasteiger partial charge in [-0.3, -0.25) is 14.3 Å². The third kappa shape index (κ3) is 4.10. The molecule has 0 radical (unpaired) electrons. The van der Waals surface area contributed by atoms with Crippen molar-refractivity contribution < 1.29 is 9.59 Å². The highest BCUT2D eigenvalue weighted by Gasteiger charge is 2.28. The first-order valence-electron chi connectivity index (χ1n) is 9.02. The summed E-state index contributed by atoms with van der Waals surface area (Å²) in [6.45, 7) is 1.66. The number of hydrogen-bond donors (Lipinski definition) is 1. The first kappa shape index (κ1) is 18.7. The summed E-state index contributed by atoms with van der Waals surface area (Å²) in [6.07, 6.45) is 0.800. The van der Waals surface area contributed by atoms with E-state index in [1.54, 1.807) is 39.1 Å². The number of rotatable bonds is 6. The summed E-state index contributed by atoms with van der Waals surface area (Å²) in [7, 11) is 0. The van der Waals surface area contributed by atoms with Crippen molar-refractivity contribution in [2.24, 2.45) is 0 Å². The van der Waals surface area contributed by atoms with E-state index in [-0.39, 0.29) is 18.4 Å². The fourth-order valence-electron chi connectivity index (χ4n) is 3.16. The van der Waals surface area contributed by atoms with Crippen molar-refractivity contribution in [3.05, 3.63) is 63.4 Å². The molecule has 0 saturated heterocycles. The van der Waals surface area contributed by atoms with Crippen LogP contribution in [0.2, 0.25) is 5.02 Å². The molecule has 0 spiro atoms.